The first-order chi connectivity index (χ1) is 11.0. The Hall–Kier alpha value is -1.96. The van der Waals surface area contributed by atoms with E-state index in [1.807, 2.05) is 6.92 Å². The zero-order valence-corrected chi connectivity index (χ0v) is 14.2. The summed E-state index contributed by atoms with van der Waals surface area (Å²) in [6.45, 7) is 3.73. The van der Waals surface area contributed by atoms with Crippen molar-refractivity contribution in [1.82, 2.24) is 5.32 Å². The number of aliphatic hydroxyl groups is 1. The predicted octanol–water partition coefficient (Wildman–Crippen LogP) is 3.30. The highest BCUT2D eigenvalue weighted by Crippen LogP contribution is 2.37. The van der Waals surface area contributed by atoms with Crippen LogP contribution in [0.4, 0.5) is 29.3 Å². The number of carbonyl (C=O) groups excluding carboxylic acids is 1. The average molecular weight is 347 g/mol. The number of rotatable bonds is 6. The second-order valence-electron chi connectivity index (χ2n) is 6.15. The summed E-state index contributed by atoms with van der Waals surface area (Å²) >= 11 is 0. The minimum Gasteiger partial charge on any atom is -0.393 e. The van der Waals surface area contributed by atoms with E-state index >= 15 is 0 Å². The molecule has 2 atom stereocenters. The summed E-state index contributed by atoms with van der Waals surface area (Å²) < 4.78 is 39.5. The van der Waals surface area contributed by atoms with Gasteiger partial charge in [0.05, 0.1) is 17.4 Å². The number of urea groups is 1. The summed E-state index contributed by atoms with van der Waals surface area (Å²) in [4.78, 5) is 13.4. The van der Waals surface area contributed by atoms with E-state index in [0.717, 1.165) is 6.07 Å². The molecule has 0 saturated heterocycles. The number of anilines is 2. The molecule has 8 heteroatoms. The van der Waals surface area contributed by atoms with Gasteiger partial charge in [-0.2, -0.15) is 13.2 Å². The third-order valence-corrected chi connectivity index (χ3v) is 3.43. The second kappa shape index (κ2) is 8.23. The first-order valence-corrected chi connectivity index (χ1v) is 7.62. The monoisotopic (exact) mass is 347 g/mol. The summed E-state index contributed by atoms with van der Waals surface area (Å²) in [7, 11) is 3.28. The summed E-state index contributed by atoms with van der Waals surface area (Å²) in [6.07, 6.45) is -4.58. The number of aliphatic hydroxyl groups excluding tert-OH is 1. The molecule has 0 aliphatic heterocycles. The van der Waals surface area contributed by atoms with Crippen molar-refractivity contribution in [3.05, 3.63) is 23.8 Å². The molecule has 0 aromatic heterocycles. The van der Waals surface area contributed by atoms with Crippen molar-refractivity contribution in [2.45, 2.75) is 32.5 Å². The van der Waals surface area contributed by atoms with Crippen LogP contribution in [0, 0.1) is 5.92 Å². The fourth-order valence-corrected chi connectivity index (χ4v) is 2.25. The van der Waals surface area contributed by atoms with Gasteiger partial charge in [-0.1, -0.05) is 6.92 Å². The fraction of sp³-hybridized carbons (Fsp3) is 0.562. The van der Waals surface area contributed by atoms with E-state index in [1.54, 1.807) is 25.9 Å². The van der Waals surface area contributed by atoms with Gasteiger partial charge in [0, 0.05) is 26.3 Å². The smallest absolute Gasteiger partial charge is 0.393 e. The Morgan fingerprint density at radius 1 is 1.29 bits per heavy atom. The molecular weight excluding hydrogens is 323 g/mol. The van der Waals surface area contributed by atoms with Crippen molar-refractivity contribution in [2.24, 2.45) is 5.92 Å². The van der Waals surface area contributed by atoms with Crippen molar-refractivity contribution < 1.29 is 23.1 Å². The summed E-state index contributed by atoms with van der Waals surface area (Å²) in [5.41, 5.74) is -0.812. The van der Waals surface area contributed by atoms with E-state index < -0.39 is 23.9 Å². The summed E-state index contributed by atoms with van der Waals surface area (Å²) in [6, 6.07) is 3.01. The van der Waals surface area contributed by atoms with Crippen molar-refractivity contribution >= 4 is 17.4 Å². The summed E-state index contributed by atoms with van der Waals surface area (Å²) in [5, 5.41) is 14.0. The van der Waals surface area contributed by atoms with Gasteiger partial charge in [-0.25, -0.2) is 4.79 Å². The molecule has 0 fully saturated rings. The lowest BCUT2D eigenvalue weighted by molar-refractivity contribution is -0.136. The van der Waals surface area contributed by atoms with Gasteiger partial charge in [0.1, 0.15) is 0 Å². The lowest BCUT2D eigenvalue weighted by atomic mass is 10.1. The Kier molecular flexibility index (Phi) is 6.89. The zero-order valence-electron chi connectivity index (χ0n) is 14.2. The average Bonchev–Trinajstić information content (AvgIpc) is 2.43. The molecule has 136 valence electrons. The molecule has 0 heterocycles. The normalized spacial score (nSPS) is 14.0. The lowest BCUT2D eigenvalue weighted by Crippen LogP contribution is -2.33. The molecule has 0 radical (unpaired) electrons. The van der Waals surface area contributed by atoms with Gasteiger partial charge in [0.15, 0.2) is 0 Å². The molecule has 0 aliphatic carbocycles. The van der Waals surface area contributed by atoms with Crippen LogP contribution in [0.25, 0.3) is 0 Å². The number of amides is 2. The Balaban J connectivity index is 2.81. The Morgan fingerprint density at radius 2 is 1.92 bits per heavy atom. The third kappa shape index (κ3) is 6.27. The van der Waals surface area contributed by atoms with Gasteiger partial charge >= 0.3 is 12.2 Å². The third-order valence-electron chi connectivity index (χ3n) is 3.43. The Bertz CT molecular complexity index is 560. The number of carbonyl (C=O) groups is 1. The highest BCUT2D eigenvalue weighted by molar-refractivity contribution is 5.90. The number of benzene rings is 1. The number of halogens is 3. The largest absolute Gasteiger partial charge is 0.418 e. The first-order valence-electron chi connectivity index (χ1n) is 7.62. The number of hydrogen-bond acceptors (Lipinski definition) is 3. The molecule has 0 spiro atoms. The molecular formula is C16H24F3N3O2. The van der Waals surface area contributed by atoms with Gasteiger partial charge in [0.25, 0.3) is 0 Å². The van der Waals surface area contributed by atoms with E-state index in [0.29, 0.717) is 12.1 Å². The van der Waals surface area contributed by atoms with Gasteiger partial charge in [-0.05, 0) is 37.5 Å². The van der Waals surface area contributed by atoms with E-state index in [2.05, 4.69) is 10.6 Å². The predicted molar refractivity (Wildman–Crippen MR) is 88.3 cm³/mol. The SMILES string of the molecule is CC(O)CC(C)CNC(=O)Nc1ccc(N(C)C)cc1C(F)(F)F. The number of nitrogens with zero attached hydrogens (tertiary/aromatic N) is 1. The van der Waals surface area contributed by atoms with E-state index in [1.165, 1.54) is 12.1 Å². The molecule has 0 aliphatic rings. The molecule has 0 bridgehead atoms. The minimum absolute atomic E-state index is 0.00829. The Labute approximate surface area is 139 Å². The van der Waals surface area contributed by atoms with Gasteiger partial charge < -0.3 is 20.6 Å². The molecule has 2 unspecified atom stereocenters. The highest BCUT2D eigenvalue weighted by Gasteiger charge is 2.34. The van der Waals surface area contributed by atoms with E-state index in [4.69, 9.17) is 0 Å². The van der Waals surface area contributed by atoms with Crippen molar-refractivity contribution in [1.29, 1.82) is 0 Å². The molecule has 5 nitrogen and oxygen atoms in total. The number of alkyl halides is 3. The van der Waals surface area contributed by atoms with Crippen LogP contribution in [0.2, 0.25) is 0 Å². The zero-order chi connectivity index (χ0) is 18.5. The van der Waals surface area contributed by atoms with E-state index in [-0.39, 0.29) is 18.2 Å². The molecule has 2 amide bonds. The van der Waals surface area contributed by atoms with Crippen LogP contribution in [0.15, 0.2) is 18.2 Å². The van der Waals surface area contributed by atoms with Crippen LogP contribution < -0.4 is 15.5 Å². The van der Waals surface area contributed by atoms with Gasteiger partial charge in [0.2, 0.25) is 0 Å². The van der Waals surface area contributed by atoms with Crippen LogP contribution in [-0.2, 0) is 6.18 Å². The number of hydrogen-bond donors (Lipinski definition) is 3. The lowest BCUT2D eigenvalue weighted by Gasteiger charge is -2.19. The van der Waals surface area contributed by atoms with Crippen LogP contribution >= 0.6 is 0 Å². The van der Waals surface area contributed by atoms with Crippen LogP contribution in [0.3, 0.4) is 0 Å². The maximum absolute atomic E-state index is 13.2. The van der Waals surface area contributed by atoms with Crippen LogP contribution in [0.5, 0.6) is 0 Å². The maximum atomic E-state index is 13.2. The molecule has 1 rings (SSSR count). The van der Waals surface area contributed by atoms with Crippen LogP contribution in [0.1, 0.15) is 25.8 Å². The van der Waals surface area contributed by atoms with E-state index in [9.17, 15) is 23.1 Å². The second-order valence-corrected chi connectivity index (χ2v) is 6.15. The molecule has 0 saturated carbocycles. The minimum atomic E-state index is -4.58. The molecule has 1 aromatic rings. The van der Waals surface area contributed by atoms with Crippen LogP contribution in [-0.4, -0.2) is 37.9 Å². The molecule has 3 N–H and O–H groups in total. The standard InChI is InChI=1S/C16H24F3N3O2/c1-10(7-11(2)23)9-20-15(24)21-14-6-5-12(22(3)4)8-13(14)16(17,18)19/h5-6,8,10-11,23H,7,9H2,1-4H3,(H2,20,21,24). The molecule has 1 aromatic carbocycles. The first kappa shape index (κ1) is 20.1. The topological polar surface area (TPSA) is 64.6 Å². The summed E-state index contributed by atoms with van der Waals surface area (Å²) in [5.74, 6) is 0.00829. The highest BCUT2D eigenvalue weighted by atomic mass is 19.4. The van der Waals surface area contributed by atoms with Crippen molar-refractivity contribution in [2.75, 3.05) is 30.9 Å². The molecule has 24 heavy (non-hydrogen) atoms. The Morgan fingerprint density at radius 3 is 2.42 bits per heavy atom. The fourth-order valence-electron chi connectivity index (χ4n) is 2.25. The van der Waals surface area contributed by atoms with Crippen molar-refractivity contribution in [3.8, 4) is 0 Å². The quantitative estimate of drug-likeness (QED) is 0.740. The van der Waals surface area contributed by atoms with Crippen molar-refractivity contribution in [3.63, 3.8) is 0 Å². The van der Waals surface area contributed by atoms with Gasteiger partial charge in [-0.3, -0.25) is 0 Å². The van der Waals surface area contributed by atoms with Gasteiger partial charge in [-0.15, -0.1) is 0 Å². The number of nitrogens with one attached hydrogen (secondary N) is 2. The maximum Gasteiger partial charge on any atom is 0.418 e.